The van der Waals surface area contributed by atoms with Gasteiger partial charge in [0.2, 0.25) is 0 Å². The van der Waals surface area contributed by atoms with Crippen LogP contribution in [-0.2, 0) is 14.3 Å². The highest BCUT2D eigenvalue weighted by Crippen LogP contribution is 2.33. The molecule has 2 amide bonds. The molecule has 1 heterocycles. The summed E-state index contributed by atoms with van der Waals surface area (Å²) < 4.78 is 15.8. The van der Waals surface area contributed by atoms with Crippen LogP contribution in [0.2, 0.25) is 0 Å². The number of hydrogen-bond acceptors (Lipinski definition) is 8. The number of amides is 2. The van der Waals surface area contributed by atoms with E-state index in [1.54, 1.807) is 48.5 Å². The Labute approximate surface area is 202 Å². The van der Waals surface area contributed by atoms with E-state index in [2.05, 4.69) is 26.1 Å². The van der Waals surface area contributed by atoms with E-state index in [1.807, 2.05) is 0 Å². The number of hydrazine groups is 1. The minimum atomic E-state index is -0.499. The number of ether oxygens (including phenoxy) is 3. The van der Waals surface area contributed by atoms with Crippen molar-refractivity contribution in [2.45, 2.75) is 0 Å². The lowest BCUT2D eigenvalue weighted by Gasteiger charge is -2.15. The molecule has 2 aromatic rings. The lowest BCUT2D eigenvalue weighted by atomic mass is 10.2. The molecule has 11 heteroatoms. The predicted molar refractivity (Wildman–Crippen MR) is 127 cm³/mol. The smallest absolute Gasteiger partial charge is 0.343 e. The molecule has 0 bridgehead atoms. The summed E-state index contributed by atoms with van der Waals surface area (Å²) >= 11 is 9.70. The second-order valence-corrected chi connectivity index (χ2v) is 8.77. The molecule has 2 aromatic carbocycles. The number of nitrogens with one attached hydrogen (secondary N) is 1. The summed E-state index contributed by atoms with van der Waals surface area (Å²) in [7, 11) is 2.81. The van der Waals surface area contributed by atoms with Crippen molar-refractivity contribution in [2.24, 2.45) is 0 Å². The van der Waals surface area contributed by atoms with Gasteiger partial charge in [0.25, 0.3) is 11.8 Å². The van der Waals surface area contributed by atoms with Gasteiger partial charge in [0.05, 0.1) is 23.6 Å². The van der Waals surface area contributed by atoms with E-state index in [0.29, 0.717) is 32.0 Å². The van der Waals surface area contributed by atoms with Gasteiger partial charge in [-0.1, -0.05) is 17.8 Å². The molecule has 166 valence electrons. The zero-order valence-corrected chi connectivity index (χ0v) is 20.1. The number of halogens is 1. The van der Waals surface area contributed by atoms with Crippen molar-refractivity contribution in [3.63, 3.8) is 0 Å². The molecule has 1 fully saturated rings. The molecule has 1 aliphatic rings. The SMILES string of the molecule is COC(=O)COc1ccc(/C=C2/SC(=S)N(NC(=O)c3ccc(OC)cc3)C2=O)cc1Br. The quantitative estimate of drug-likeness (QED) is 0.326. The zero-order chi connectivity index (χ0) is 23.3. The molecule has 0 atom stereocenters. The predicted octanol–water partition coefficient (Wildman–Crippen LogP) is 3.56. The third-order valence-corrected chi connectivity index (χ3v) is 6.11. The van der Waals surface area contributed by atoms with Crippen LogP contribution in [0.3, 0.4) is 0 Å². The first-order valence-corrected chi connectivity index (χ1v) is 11.1. The van der Waals surface area contributed by atoms with E-state index in [0.717, 1.165) is 16.8 Å². The van der Waals surface area contributed by atoms with Crippen LogP contribution in [0.1, 0.15) is 15.9 Å². The van der Waals surface area contributed by atoms with Crippen LogP contribution in [0.25, 0.3) is 6.08 Å². The molecule has 0 spiro atoms. The molecule has 0 aromatic heterocycles. The Kier molecular flexibility index (Phi) is 7.89. The Balaban J connectivity index is 1.70. The molecule has 0 saturated carbocycles. The second kappa shape index (κ2) is 10.6. The minimum Gasteiger partial charge on any atom is -0.497 e. The fraction of sp³-hybridized carbons (Fsp3) is 0.143. The van der Waals surface area contributed by atoms with Gasteiger partial charge in [0.15, 0.2) is 10.9 Å². The van der Waals surface area contributed by atoms with Crippen LogP contribution in [0.5, 0.6) is 11.5 Å². The highest BCUT2D eigenvalue weighted by atomic mass is 79.9. The number of thioether (sulfide) groups is 1. The molecule has 1 saturated heterocycles. The summed E-state index contributed by atoms with van der Waals surface area (Å²) in [6, 6.07) is 11.6. The van der Waals surface area contributed by atoms with Crippen molar-refractivity contribution in [3.05, 3.63) is 63.0 Å². The second-order valence-electron chi connectivity index (χ2n) is 6.24. The van der Waals surface area contributed by atoms with Crippen LogP contribution >= 0.6 is 39.9 Å². The van der Waals surface area contributed by atoms with Gasteiger partial charge in [-0.25, -0.2) is 4.79 Å². The molecule has 8 nitrogen and oxygen atoms in total. The molecule has 0 aliphatic carbocycles. The average Bonchev–Trinajstić information content (AvgIpc) is 3.05. The number of carbonyl (C=O) groups excluding carboxylic acids is 3. The lowest BCUT2D eigenvalue weighted by Crippen LogP contribution is -2.44. The number of hydrogen-bond donors (Lipinski definition) is 1. The third kappa shape index (κ3) is 5.67. The summed E-state index contributed by atoms with van der Waals surface area (Å²) in [5.41, 5.74) is 3.58. The topological polar surface area (TPSA) is 94.2 Å². The third-order valence-electron chi connectivity index (χ3n) is 4.19. The Morgan fingerprint density at radius 3 is 2.53 bits per heavy atom. The fourth-order valence-corrected chi connectivity index (χ4v) is 4.23. The van der Waals surface area contributed by atoms with E-state index in [-0.39, 0.29) is 10.9 Å². The molecular formula is C21H17BrN2O6S2. The van der Waals surface area contributed by atoms with Gasteiger partial charge in [0, 0.05) is 5.56 Å². The highest BCUT2D eigenvalue weighted by molar-refractivity contribution is 9.10. The van der Waals surface area contributed by atoms with Crippen molar-refractivity contribution < 1.29 is 28.6 Å². The first-order valence-electron chi connectivity index (χ1n) is 9.04. The van der Waals surface area contributed by atoms with E-state index in [1.165, 1.54) is 14.2 Å². The molecule has 0 unspecified atom stereocenters. The van der Waals surface area contributed by atoms with Crippen LogP contribution in [0.15, 0.2) is 51.8 Å². The van der Waals surface area contributed by atoms with Crippen molar-refractivity contribution >= 4 is 68.1 Å². The van der Waals surface area contributed by atoms with Gasteiger partial charge in [-0.05, 0) is 76.2 Å². The van der Waals surface area contributed by atoms with E-state index >= 15 is 0 Å². The average molecular weight is 537 g/mol. The van der Waals surface area contributed by atoms with Crippen LogP contribution in [-0.4, -0.2) is 47.9 Å². The summed E-state index contributed by atoms with van der Waals surface area (Å²) in [5, 5.41) is 1.04. The number of benzene rings is 2. The fourth-order valence-electron chi connectivity index (χ4n) is 2.54. The van der Waals surface area contributed by atoms with Crippen LogP contribution in [0.4, 0.5) is 0 Å². The van der Waals surface area contributed by atoms with Crippen LogP contribution in [0, 0.1) is 0 Å². The maximum atomic E-state index is 12.8. The Morgan fingerprint density at radius 2 is 1.91 bits per heavy atom. The van der Waals surface area contributed by atoms with Crippen molar-refractivity contribution in [1.29, 1.82) is 0 Å². The number of nitrogens with zero attached hydrogens (tertiary/aromatic N) is 1. The van der Waals surface area contributed by atoms with E-state index in [4.69, 9.17) is 21.7 Å². The summed E-state index contributed by atoms with van der Waals surface area (Å²) in [6.45, 7) is -0.221. The largest absolute Gasteiger partial charge is 0.497 e. The first kappa shape index (κ1) is 23.8. The Bertz CT molecular complexity index is 1100. The van der Waals surface area contributed by atoms with Gasteiger partial charge in [-0.2, -0.15) is 5.01 Å². The summed E-state index contributed by atoms with van der Waals surface area (Å²) in [4.78, 5) is 36.8. The number of carbonyl (C=O) groups is 3. The van der Waals surface area contributed by atoms with Crippen molar-refractivity contribution in [1.82, 2.24) is 10.4 Å². The van der Waals surface area contributed by atoms with E-state index in [9.17, 15) is 14.4 Å². The van der Waals surface area contributed by atoms with Crippen molar-refractivity contribution in [2.75, 3.05) is 20.8 Å². The summed E-state index contributed by atoms with van der Waals surface area (Å²) in [5.74, 6) is -0.347. The normalized spacial score (nSPS) is 14.5. The van der Waals surface area contributed by atoms with E-state index < -0.39 is 17.8 Å². The lowest BCUT2D eigenvalue weighted by molar-refractivity contribution is -0.142. The minimum absolute atomic E-state index is 0.209. The van der Waals surface area contributed by atoms with Crippen molar-refractivity contribution in [3.8, 4) is 11.5 Å². The van der Waals surface area contributed by atoms with Gasteiger partial charge in [-0.15, -0.1) is 0 Å². The van der Waals surface area contributed by atoms with Gasteiger partial charge in [-0.3, -0.25) is 15.0 Å². The summed E-state index contributed by atoms with van der Waals surface area (Å²) in [6.07, 6.45) is 1.65. The molecule has 1 N–H and O–H groups in total. The van der Waals surface area contributed by atoms with Gasteiger partial charge < -0.3 is 14.2 Å². The first-order chi connectivity index (χ1) is 15.3. The number of rotatable bonds is 7. The zero-order valence-electron chi connectivity index (χ0n) is 16.9. The van der Waals surface area contributed by atoms with Crippen LogP contribution < -0.4 is 14.9 Å². The van der Waals surface area contributed by atoms with Gasteiger partial charge >= 0.3 is 5.97 Å². The molecule has 3 rings (SSSR count). The number of esters is 1. The standard InChI is InChI=1S/C21H17BrN2O6S2/c1-28-14-6-4-13(5-7-14)19(26)23-24-20(27)17(32-21(24)31)10-12-3-8-16(15(22)9-12)30-11-18(25)29-2/h3-10H,11H2,1-2H3,(H,23,26)/b17-10+. The molecule has 0 radical (unpaired) electrons. The monoisotopic (exact) mass is 536 g/mol. The highest BCUT2D eigenvalue weighted by Gasteiger charge is 2.33. The molecule has 1 aliphatic heterocycles. The maximum Gasteiger partial charge on any atom is 0.343 e. The Morgan fingerprint density at radius 1 is 1.19 bits per heavy atom. The number of methoxy groups -OCH3 is 2. The molecular weight excluding hydrogens is 520 g/mol. The van der Waals surface area contributed by atoms with Gasteiger partial charge in [0.1, 0.15) is 11.5 Å². The Hall–Kier alpha value is -2.89. The molecule has 32 heavy (non-hydrogen) atoms. The number of thiocarbonyl (C=S) groups is 1. The maximum absolute atomic E-state index is 12.8.